The maximum atomic E-state index is 12.3. The van der Waals surface area contributed by atoms with Gasteiger partial charge in [0.05, 0.1) is 12.0 Å². The lowest BCUT2D eigenvalue weighted by Crippen LogP contribution is -2.41. The Morgan fingerprint density at radius 3 is 3.05 bits per heavy atom. The Morgan fingerprint density at radius 1 is 1.50 bits per heavy atom. The lowest BCUT2D eigenvalue weighted by atomic mass is 9.96. The molecule has 0 bridgehead atoms. The van der Waals surface area contributed by atoms with Crippen LogP contribution in [-0.4, -0.2) is 30.4 Å². The Kier molecular flexibility index (Phi) is 5.14. The number of hydrogen-bond donors (Lipinski definition) is 1. The fraction of sp³-hybridized carbons (Fsp3) is 0.500. The number of likely N-dealkylation sites (tertiary alicyclic amines) is 1. The van der Waals surface area contributed by atoms with Gasteiger partial charge in [-0.05, 0) is 37.9 Å². The Bertz CT molecular complexity index is 507. The first kappa shape index (κ1) is 14.5. The smallest absolute Gasteiger partial charge is 0.228 e. The first-order valence-electron chi connectivity index (χ1n) is 7.16. The normalized spacial score (nSPS) is 19.3. The van der Waals surface area contributed by atoms with Crippen molar-refractivity contribution in [2.45, 2.75) is 26.2 Å². The van der Waals surface area contributed by atoms with E-state index in [1.807, 2.05) is 31.2 Å². The molecule has 1 atom stereocenters. The van der Waals surface area contributed by atoms with Crippen LogP contribution in [-0.2, 0) is 4.79 Å². The Labute approximate surface area is 120 Å². The average molecular weight is 271 g/mol. The number of piperidine rings is 1. The molecule has 0 aliphatic carbocycles. The van der Waals surface area contributed by atoms with Crippen molar-refractivity contribution in [3.05, 3.63) is 29.8 Å². The second-order valence-electron chi connectivity index (χ2n) is 5.35. The minimum atomic E-state index is 0.0297. The topological polar surface area (TPSA) is 56.1 Å². The highest BCUT2D eigenvalue weighted by atomic mass is 16.1. The molecule has 0 spiro atoms. The number of anilines is 1. The van der Waals surface area contributed by atoms with Gasteiger partial charge in [-0.25, -0.2) is 0 Å². The minimum Gasteiger partial charge on any atom is -0.326 e. The molecule has 1 heterocycles. The molecule has 0 saturated carbocycles. The van der Waals surface area contributed by atoms with Gasteiger partial charge >= 0.3 is 0 Å². The van der Waals surface area contributed by atoms with Crippen LogP contribution in [0, 0.1) is 24.2 Å². The summed E-state index contributed by atoms with van der Waals surface area (Å²) in [5.41, 5.74) is 1.98. The van der Waals surface area contributed by atoms with E-state index in [-0.39, 0.29) is 11.8 Å². The van der Waals surface area contributed by atoms with Crippen LogP contribution in [0.2, 0.25) is 0 Å². The monoisotopic (exact) mass is 271 g/mol. The van der Waals surface area contributed by atoms with Crippen LogP contribution in [0.5, 0.6) is 0 Å². The van der Waals surface area contributed by atoms with E-state index in [1.165, 1.54) is 0 Å². The van der Waals surface area contributed by atoms with Gasteiger partial charge < -0.3 is 10.2 Å². The van der Waals surface area contributed by atoms with E-state index in [0.29, 0.717) is 6.42 Å². The zero-order valence-corrected chi connectivity index (χ0v) is 11.9. The van der Waals surface area contributed by atoms with E-state index in [9.17, 15) is 4.79 Å². The summed E-state index contributed by atoms with van der Waals surface area (Å²) in [7, 11) is 0. The number of para-hydroxylation sites is 1. The molecule has 106 valence electrons. The van der Waals surface area contributed by atoms with E-state index < -0.39 is 0 Å². The van der Waals surface area contributed by atoms with Crippen molar-refractivity contribution in [2.75, 3.05) is 25.0 Å². The first-order valence-corrected chi connectivity index (χ1v) is 7.16. The highest BCUT2D eigenvalue weighted by Gasteiger charge is 2.25. The van der Waals surface area contributed by atoms with Gasteiger partial charge in [-0.2, -0.15) is 5.26 Å². The third-order valence-corrected chi connectivity index (χ3v) is 3.82. The summed E-state index contributed by atoms with van der Waals surface area (Å²) >= 11 is 0. The van der Waals surface area contributed by atoms with Crippen LogP contribution in [0.25, 0.3) is 0 Å². The van der Waals surface area contributed by atoms with Crippen molar-refractivity contribution in [3.63, 3.8) is 0 Å². The molecule has 4 nitrogen and oxygen atoms in total. The number of nitrogens with zero attached hydrogens (tertiary/aromatic N) is 2. The molecule has 1 aliphatic rings. The lowest BCUT2D eigenvalue weighted by Gasteiger charge is -2.31. The van der Waals surface area contributed by atoms with E-state index in [4.69, 9.17) is 5.26 Å². The number of carbonyl (C=O) groups is 1. The highest BCUT2D eigenvalue weighted by Crippen LogP contribution is 2.20. The van der Waals surface area contributed by atoms with Gasteiger partial charge in [0.25, 0.3) is 0 Å². The number of carbonyl (C=O) groups excluding carboxylic acids is 1. The summed E-state index contributed by atoms with van der Waals surface area (Å²) in [4.78, 5) is 14.6. The van der Waals surface area contributed by atoms with E-state index >= 15 is 0 Å². The SMILES string of the molecule is Cc1ccccc1NC(=O)C1CCCN(CCC#N)C1. The van der Waals surface area contributed by atoms with E-state index in [0.717, 1.165) is 43.7 Å². The molecule has 2 rings (SSSR count). The van der Waals surface area contributed by atoms with Crippen LogP contribution in [0.3, 0.4) is 0 Å². The Morgan fingerprint density at radius 2 is 2.30 bits per heavy atom. The summed E-state index contributed by atoms with van der Waals surface area (Å²) in [5, 5.41) is 11.7. The van der Waals surface area contributed by atoms with Crippen molar-refractivity contribution in [3.8, 4) is 6.07 Å². The predicted molar refractivity (Wildman–Crippen MR) is 79.2 cm³/mol. The highest BCUT2D eigenvalue weighted by molar-refractivity contribution is 5.93. The van der Waals surface area contributed by atoms with Gasteiger partial charge in [-0.1, -0.05) is 18.2 Å². The van der Waals surface area contributed by atoms with Gasteiger partial charge in [0.2, 0.25) is 5.91 Å². The molecule has 1 aromatic carbocycles. The average Bonchev–Trinajstić information content (AvgIpc) is 2.48. The largest absolute Gasteiger partial charge is 0.326 e. The van der Waals surface area contributed by atoms with Crippen LogP contribution >= 0.6 is 0 Å². The second-order valence-corrected chi connectivity index (χ2v) is 5.35. The van der Waals surface area contributed by atoms with Crippen molar-refractivity contribution in [1.29, 1.82) is 5.26 Å². The molecular formula is C16H21N3O. The minimum absolute atomic E-state index is 0.0297. The molecule has 1 fully saturated rings. The molecule has 0 radical (unpaired) electrons. The number of aryl methyl sites for hydroxylation is 1. The van der Waals surface area contributed by atoms with Crippen LogP contribution < -0.4 is 5.32 Å². The third-order valence-electron chi connectivity index (χ3n) is 3.82. The molecular weight excluding hydrogens is 250 g/mol. The lowest BCUT2D eigenvalue weighted by molar-refractivity contribution is -0.121. The van der Waals surface area contributed by atoms with Gasteiger partial charge in [0.1, 0.15) is 0 Å². The number of hydrogen-bond acceptors (Lipinski definition) is 3. The summed E-state index contributed by atoms with van der Waals surface area (Å²) in [6.45, 7) is 4.52. The molecule has 20 heavy (non-hydrogen) atoms. The molecule has 1 aromatic rings. The first-order chi connectivity index (χ1) is 9.70. The number of amides is 1. The Balaban J connectivity index is 1.92. The second kappa shape index (κ2) is 7.06. The number of nitriles is 1. The number of nitrogens with one attached hydrogen (secondary N) is 1. The Hall–Kier alpha value is -1.86. The fourth-order valence-electron chi connectivity index (χ4n) is 2.63. The maximum Gasteiger partial charge on any atom is 0.228 e. The van der Waals surface area contributed by atoms with E-state index in [1.54, 1.807) is 0 Å². The van der Waals surface area contributed by atoms with E-state index in [2.05, 4.69) is 16.3 Å². The zero-order chi connectivity index (χ0) is 14.4. The van der Waals surface area contributed by atoms with Crippen LogP contribution in [0.4, 0.5) is 5.69 Å². The molecule has 1 saturated heterocycles. The van der Waals surface area contributed by atoms with Gasteiger partial charge in [0.15, 0.2) is 0 Å². The molecule has 0 aromatic heterocycles. The van der Waals surface area contributed by atoms with Crippen LogP contribution in [0.1, 0.15) is 24.8 Å². The molecule has 1 unspecified atom stereocenters. The maximum absolute atomic E-state index is 12.3. The van der Waals surface area contributed by atoms with Gasteiger partial charge in [-0.15, -0.1) is 0 Å². The molecule has 1 N–H and O–H groups in total. The quantitative estimate of drug-likeness (QED) is 0.915. The third kappa shape index (κ3) is 3.82. The zero-order valence-electron chi connectivity index (χ0n) is 11.9. The number of rotatable bonds is 4. The van der Waals surface area contributed by atoms with Crippen molar-refractivity contribution >= 4 is 11.6 Å². The molecule has 1 aliphatic heterocycles. The van der Waals surface area contributed by atoms with Gasteiger partial charge in [-0.3, -0.25) is 4.79 Å². The summed E-state index contributed by atoms with van der Waals surface area (Å²) < 4.78 is 0. The summed E-state index contributed by atoms with van der Waals surface area (Å²) in [6.07, 6.45) is 2.49. The molecule has 1 amide bonds. The summed E-state index contributed by atoms with van der Waals surface area (Å²) in [6, 6.07) is 9.99. The van der Waals surface area contributed by atoms with Crippen molar-refractivity contribution in [2.24, 2.45) is 5.92 Å². The van der Waals surface area contributed by atoms with Crippen LogP contribution in [0.15, 0.2) is 24.3 Å². The number of benzene rings is 1. The predicted octanol–water partition coefficient (Wildman–Crippen LogP) is 2.56. The molecule has 4 heteroatoms. The van der Waals surface area contributed by atoms with Crippen molar-refractivity contribution < 1.29 is 4.79 Å². The summed E-state index contributed by atoms with van der Waals surface area (Å²) in [5.74, 6) is 0.128. The standard InChI is InChI=1S/C16H21N3O/c1-13-6-2-3-8-15(13)18-16(20)14-7-4-10-19(12-14)11-5-9-17/h2-3,6,8,14H,4-5,7,10-12H2,1H3,(H,18,20). The fourth-order valence-corrected chi connectivity index (χ4v) is 2.63. The van der Waals surface area contributed by atoms with Crippen molar-refractivity contribution in [1.82, 2.24) is 4.90 Å². The van der Waals surface area contributed by atoms with Gasteiger partial charge in [0, 0.05) is 25.2 Å².